The van der Waals surface area contributed by atoms with Gasteiger partial charge in [0.1, 0.15) is 12.1 Å². The van der Waals surface area contributed by atoms with E-state index in [2.05, 4.69) is 20.4 Å². The second-order valence-electron chi connectivity index (χ2n) is 10.1. The molecule has 2 heterocycles. The number of amides is 4. The van der Waals surface area contributed by atoms with Gasteiger partial charge in [0.05, 0.1) is 22.2 Å². The minimum absolute atomic E-state index is 0.0416. The Bertz CT molecular complexity index is 1140. The second kappa shape index (κ2) is 11.7. The lowest BCUT2D eigenvalue weighted by molar-refractivity contribution is -0.144. The number of likely N-dealkylation sites (tertiary alicyclic amines) is 1. The number of thiazole rings is 1. The van der Waals surface area contributed by atoms with Crippen LogP contribution in [0.2, 0.25) is 0 Å². The van der Waals surface area contributed by atoms with E-state index in [1.54, 1.807) is 37.6 Å². The van der Waals surface area contributed by atoms with E-state index >= 15 is 0 Å². The first-order valence-corrected chi connectivity index (χ1v) is 12.7. The predicted octanol–water partition coefficient (Wildman–Crippen LogP) is 1.32. The minimum Gasteiger partial charge on any atom is -0.440 e. The monoisotopic (exact) mass is 531 g/mol. The van der Waals surface area contributed by atoms with Crippen molar-refractivity contribution in [3.63, 3.8) is 0 Å². The van der Waals surface area contributed by atoms with E-state index in [4.69, 9.17) is 5.73 Å². The summed E-state index contributed by atoms with van der Waals surface area (Å²) in [5.74, 6) is -1.62. The number of primary amides is 1. The van der Waals surface area contributed by atoms with Crippen molar-refractivity contribution in [3.05, 3.63) is 41.0 Å². The van der Waals surface area contributed by atoms with Crippen molar-refractivity contribution in [1.29, 1.82) is 0 Å². The quantitative estimate of drug-likeness (QED) is 0.399. The maximum atomic E-state index is 13.5. The van der Waals surface area contributed by atoms with E-state index < -0.39 is 54.0 Å². The average molecular weight is 532 g/mol. The van der Waals surface area contributed by atoms with Gasteiger partial charge in [0.15, 0.2) is 6.61 Å². The SMILES string of the molecule is Cc1ncsc1-c1ccc(CNC(=O)[C@@H]2C[C@@H](O)CN2C(=O)[C@@H](NC(=O)COC(N)=O)C(C)(C)C)cc1. The number of nitrogens with one attached hydrogen (secondary N) is 2. The van der Waals surface area contributed by atoms with Crippen molar-refractivity contribution < 1.29 is 29.0 Å². The van der Waals surface area contributed by atoms with Crippen LogP contribution in [0.1, 0.15) is 38.4 Å². The third kappa shape index (κ3) is 7.26. The topological polar surface area (TPSA) is 164 Å². The van der Waals surface area contributed by atoms with E-state index in [-0.39, 0.29) is 19.5 Å². The Hall–Kier alpha value is -3.51. The Labute approximate surface area is 219 Å². The van der Waals surface area contributed by atoms with Crippen LogP contribution in [-0.2, 0) is 25.7 Å². The van der Waals surface area contributed by atoms with E-state index in [9.17, 15) is 24.3 Å². The number of aliphatic hydroxyl groups is 1. The number of aromatic nitrogens is 1. The van der Waals surface area contributed by atoms with Crippen LogP contribution in [0.3, 0.4) is 0 Å². The highest BCUT2D eigenvalue weighted by Gasteiger charge is 2.44. The summed E-state index contributed by atoms with van der Waals surface area (Å²) in [5.41, 5.74) is 8.85. The van der Waals surface area contributed by atoms with Crippen LogP contribution < -0.4 is 16.4 Å². The third-order valence-corrected chi connectivity index (χ3v) is 7.03. The number of hydrogen-bond acceptors (Lipinski definition) is 8. The number of aryl methyl sites for hydroxylation is 1. The van der Waals surface area contributed by atoms with Gasteiger partial charge in [-0.1, -0.05) is 45.0 Å². The number of carbonyl (C=O) groups excluding carboxylic acids is 4. The lowest BCUT2D eigenvalue weighted by Crippen LogP contribution is -2.58. The fraction of sp³-hybridized carbons (Fsp3) is 0.480. The fourth-order valence-electron chi connectivity index (χ4n) is 4.12. The van der Waals surface area contributed by atoms with Crippen LogP contribution in [0, 0.1) is 12.3 Å². The van der Waals surface area contributed by atoms with Crippen molar-refractivity contribution >= 4 is 35.2 Å². The smallest absolute Gasteiger partial charge is 0.405 e. The summed E-state index contributed by atoms with van der Waals surface area (Å²) in [4.78, 5) is 56.2. The Morgan fingerprint density at radius 1 is 1.24 bits per heavy atom. The zero-order valence-electron chi connectivity index (χ0n) is 21.3. The van der Waals surface area contributed by atoms with Crippen molar-refractivity contribution in [3.8, 4) is 10.4 Å². The Morgan fingerprint density at radius 3 is 2.49 bits per heavy atom. The summed E-state index contributed by atoms with van der Waals surface area (Å²) in [7, 11) is 0. The van der Waals surface area contributed by atoms with Gasteiger partial charge in [-0.15, -0.1) is 11.3 Å². The molecule has 0 bridgehead atoms. The summed E-state index contributed by atoms with van der Waals surface area (Å²) in [6.07, 6.45) is -1.91. The predicted molar refractivity (Wildman–Crippen MR) is 137 cm³/mol. The molecule has 0 spiro atoms. The number of rotatable bonds is 8. The summed E-state index contributed by atoms with van der Waals surface area (Å²) in [6.45, 7) is 6.79. The normalized spacial score (nSPS) is 18.2. The molecule has 11 nitrogen and oxygen atoms in total. The van der Waals surface area contributed by atoms with Gasteiger partial charge in [0.2, 0.25) is 11.8 Å². The Kier molecular flexibility index (Phi) is 8.87. The van der Waals surface area contributed by atoms with Gasteiger partial charge in [0, 0.05) is 19.5 Å². The maximum Gasteiger partial charge on any atom is 0.405 e. The molecule has 1 aromatic carbocycles. The molecule has 0 unspecified atom stereocenters. The molecule has 5 N–H and O–H groups in total. The standard InChI is InChI=1S/C25H33N5O6S/c1-14-20(37-13-28-14)16-7-5-15(6-8-16)10-27-22(33)18-9-17(31)11-30(18)23(34)21(25(2,3)4)29-19(32)12-36-24(26)35/h5-8,13,17-18,21,31H,9-12H2,1-4H3,(H2,26,35)(H,27,33)(H,29,32)/t17-,18+,21-/m1/s1. The largest absolute Gasteiger partial charge is 0.440 e. The average Bonchev–Trinajstić information content (AvgIpc) is 3.44. The molecule has 1 aliphatic heterocycles. The number of aliphatic hydroxyl groups excluding tert-OH is 1. The van der Waals surface area contributed by atoms with E-state index in [1.807, 2.05) is 31.2 Å². The first-order valence-electron chi connectivity index (χ1n) is 11.8. The van der Waals surface area contributed by atoms with Gasteiger partial charge in [-0.3, -0.25) is 14.4 Å². The highest BCUT2D eigenvalue weighted by Crippen LogP contribution is 2.28. The molecular weight excluding hydrogens is 498 g/mol. The highest BCUT2D eigenvalue weighted by atomic mass is 32.1. The first-order chi connectivity index (χ1) is 17.4. The van der Waals surface area contributed by atoms with Crippen molar-refractivity contribution in [1.82, 2.24) is 20.5 Å². The van der Waals surface area contributed by atoms with Gasteiger partial charge in [-0.25, -0.2) is 9.78 Å². The van der Waals surface area contributed by atoms with Crippen molar-refractivity contribution in [2.24, 2.45) is 11.1 Å². The van der Waals surface area contributed by atoms with Crippen LogP contribution >= 0.6 is 11.3 Å². The van der Waals surface area contributed by atoms with Crippen molar-refractivity contribution in [2.75, 3.05) is 13.2 Å². The van der Waals surface area contributed by atoms with E-state index in [0.717, 1.165) is 21.7 Å². The Morgan fingerprint density at radius 2 is 1.92 bits per heavy atom. The molecule has 1 saturated heterocycles. The van der Waals surface area contributed by atoms with Crippen molar-refractivity contribution in [2.45, 2.75) is 58.8 Å². The molecule has 37 heavy (non-hydrogen) atoms. The third-order valence-electron chi connectivity index (χ3n) is 6.06. The molecular formula is C25H33N5O6S. The molecule has 200 valence electrons. The molecule has 12 heteroatoms. The lowest BCUT2D eigenvalue weighted by atomic mass is 9.85. The molecule has 3 rings (SSSR count). The minimum atomic E-state index is -1.11. The summed E-state index contributed by atoms with van der Waals surface area (Å²) >= 11 is 1.56. The maximum absolute atomic E-state index is 13.5. The molecule has 0 aliphatic carbocycles. The van der Waals surface area contributed by atoms with Crippen LogP contribution in [0.25, 0.3) is 10.4 Å². The molecule has 3 atom stereocenters. The lowest BCUT2D eigenvalue weighted by Gasteiger charge is -2.35. The second-order valence-corrected chi connectivity index (χ2v) is 10.9. The number of β-amino-alcohol motifs (C(OH)–C–C–N with tert-alkyl or cyclic N) is 1. The van der Waals surface area contributed by atoms with Gasteiger partial charge >= 0.3 is 6.09 Å². The first kappa shape index (κ1) is 28.1. The molecule has 1 aromatic heterocycles. The number of carbonyl (C=O) groups is 4. The number of nitrogens with two attached hydrogens (primary N) is 1. The number of ether oxygens (including phenoxy) is 1. The number of benzene rings is 1. The molecule has 0 saturated carbocycles. The van der Waals surface area contributed by atoms with Gasteiger partial charge in [0.25, 0.3) is 5.91 Å². The zero-order chi connectivity index (χ0) is 27.3. The summed E-state index contributed by atoms with van der Waals surface area (Å²) in [6, 6.07) is 5.84. The zero-order valence-corrected chi connectivity index (χ0v) is 22.1. The van der Waals surface area contributed by atoms with Crippen LogP contribution in [0.5, 0.6) is 0 Å². The molecule has 4 amide bonds. The molecule has 1 aliphatic rings. The number of nitrogens with zero attached hydrogens (tertiary/aromatic N) is 2. The molecule has 2 aromatic rings. The summed E-state index contributed by atoms with van der Waals surface area (Å²) in [5, 5.41) is 15.7. The summed E-state index contributed by atoms with van der Waals surface area (Å²) < 4.78 is 4.50. The van der Waals surface area contributed by atoms with Gasteiger partial charge in [-0.2, -0.15) is 0 Å². The van der Waals surface area contributed by atoms with Crippen LogP contribution in [-0.4, -0.2) is 70.1 Å². The number of hydrogen-bond donors (Lipinski definition) is 4. The van der Waals surface area contributed by atoms with E-state index in [0.29, 0.717) is 0 Å². The Balaban J connectivity index is 1.66. The fourth-order valence-corrected chi connectivity index (χ4v) is 4.93. The van der Waals surface area contributed by atoms with Gasteiger partial charge in [-0.05, 0) is 23.5 Å². The molecule has 1 fully saturated rings. The van der Waals surface area contributed by atoms with Crippen LogP contribution in [0.4, 0.5) is 4.79 Å². The van der Waals surface area contributed by atoms with Gasteiger partial charge < -0.3 is 31.1 Å². The molecule has 0 radical (unpaired) electrons. The van der Waals surface area contributed by atoms with E-state index in [1.165, 1.54) is 4.90 Å². The highest BCUT2D eigenvalue weighted by molar-refractivity contribution is 7.13. The van der Waals surface area contributed by atoms with Crippen LogP contribution in [0.15, 0.2) is 29.8 Å².